The van der Waals surface area contributed by atoms with Crippen LogP contribution in [-0.2, 0) is 19.6 Å². The van der Waals surface area contributed by atoms with E-state index in [1.54, 1.807) is 7.11 Å². The van der Waals surface area contributed by atoms with E-state index in [-0.39, 0.29) is 18.9 Å². The van der Waals surface area contributed by atoms with Crippen LogP contribution in [0.2, 0.25) is 0 Å². The second kappa shape index (κ2) is 9.97. The third kappa shape index (κ3) is 7.91. The first-order chi connectivity index (χ1) is 10.4. The summed E-state index contributed by atoms with van der Waals surface area (Å²) in [6, 6.07) is 0. The fourth-order valence-corrected chi connectivity index (χ4v) is 3.30. The van der Waals surface area contributed by atoms with Crippen molar-refractivity contribution in [2.75, 3.05) is 39.6 Å². The fraction of sp³-hybridized carbons (Fsp3) is 0.800. The molecule has 0 radical (unpaired) electrons. The highest BCUT2D eigenvalue weighted by molar-refractivity contribution is 7.88. The lowest BCUT2D eigenvalue weighted by Gasteiger charge is -2.21. The minimum atomic E-state index is -3.29. The smallest absolute Gasteiger partial charge is 0.221 e. The van der Waals surface area contributed by atoms with Gasteiger partial charge >= 0.3 is 0 Å². The lowest BCUT2D eigenvalue weighted by molar-refractivity contribution is -0.121. The molecule has 0 atom stereocenters. The molecule has 0 unspecified atom stereocenters. The number of carbonyl (C=O) groups is 1. The van der Waals surface area contributed by atoms with Crippen molar-refractivity contribution in [3.05, 3.63) is 11.6 Å². The maximum Gasteiger partial charge on any atom is 0.221 e. The van der Waals surface area contributed by atoms with Crippen molar-refractivity contribution in [3.8, 4) is 0 Å². The average molecular weight is 332 g/mol. The Balaban J connectivity index is 2.41. The molecule has 0 aromatic carbocycles. The molecule has 0 bridgehead atoms. The quantitative estimate of drug-likeness (QED) is 0.483. The number of nitrogens with one attached hydrogen (secondary N) is 1. The lowest BCUT2D eigenvalue weighted by Crippen LogP contribution is -2.36. The first-order valence-corrected chi connectivity index (χ1v) is 9.67. The maximum atomic E-state index is 11.8. The van der Waals surface area contributed by atoms with Crippen molar-refractivity contribution in [2.45, 2.75) is 38.5 Å². The zero-order chi connectivity index (χ0) is 16.4. The number of nitrogens with zero attached hydrogens (tertiary/aromatic N) is 1. The molecule has 0 saturated heterocycles. The molecule has 0 spiro atoms. The Morgan fingerprint density at radius 2 is 2.14 bits per heavy atom. The van der Waals surface area contributed by atoms with E-state index in [4.69, 9.17) is 4.74 Å². The number of hydrogen-bond acceptors (Lipinski definition) is 4. The van der Waals surface area contributed by atoms with Crippen LogP contribution in [0.3, 0.4) is 0 Å². The van der Waals surface area contributed by atoms with Gasteiger partial charge in [-0.3, -0.25) is 4.79 Å². The summed E-state index contributed by atoms with van der Waals surface area (Å²) in [4.78, 5) is 11.7. The van der Waals surface area contributed by atoms with Crippen molar-refractivity contribution in [3.63, 3.8) is 0 Å². The van der Waals surface area contributed by atoms with Crippen LogP contribution in [0.15, 0.2) is 11.6 Å². The van der Waals surface area contributed by atoms with Gasteiger partial charge in [-0.2, -0.15) is 0 Å². The molecule has 6 nitrogen and oxygen atoms in total. The molecule has 1 aliphatic carbocycles. The molecular formula is C15H28N2O4S. The number of allylic oxidation sites excluding steroid dienone is 1. The molecule has 7 heteroatoms. The first kappa shape index (κ1) is 19.1. The minimum Gasteiger partial charge on any atom is -0.383 e. The number of ether oxygens (including phenoxy) is 1. The second-order valence-electron chi connectivity index (χ2n) is 5.61. The van der Waals surface area contributed by atoms with Gasteiger partial charge in [0, 0.05) is 33.2 Å². The van der Waals surface area contributed by atoms with Crippen LogP contribution >= 0.6 is 0 Å². The highest BCUT2D eigenvalue weighted by Crippen LogP contribution is 2.20. The number of methoxy groups -OCH3 is 1. The van der Waals surface area contributed by atoms with Gasteiger partial charge in [0.25, 0.3) is 0 Å². The third-order valence-corrected chi connectivity index (χ3v) is 5.06. The van der Waals surface area contributed by atoms with Gasteiger partial charge in [-0.25, -0.2) is 12.7 Å². The normalized spacial score (nSPS) is 15.7. The largest absolute Gasteiger partial charge is 0.383 e. The Hall–Kier alpha value is -0.920. The zero-order valence-electron chi connectivity index (χ0n) is 13.6. The predicted molar refractivity (Wildman–Crippen MR) is 87.1 cm³/mol. The van der Waals surface area contributed by atoms with Crippen LogP contribution in [0.4, 0.5) is 0 Å². The maximum absolute atomic E-state index is 11.8. The Morgan fingerprint density at radius 3 is 2.73 bits per heavy atom. The van der Waals surface area contributed by atoms with Gasteiger partial charge in [0.2, 0.25) is 15.9 Å². The summed E-state index contributed by atoms with van der Waals surface area (Å²) in [5.74, 6) is -0.150. The second-order valence-corrected chi connectivity index (χ2v) is 7.60. The van der Waals surface area contributed by atoms with E-state index in [9.17, 15) is 13.2 Å². The summed E-state index contributed by atoms with van der Waals surface area (Å²) in [5, 5.41) is 2.70. The molecule has 0 aliphatic heterocycles. The standard InChI is InChI=1S/C15H28N2O4S/c1-21-13-10-16-15(18)9-12-17(22(2,19)20)11-8-14-6-4-3-5-7-14/h6H,3-5,7-13H2,1-2H3,(H,16,18). The predicted octanol–water partition coefficient (Wildman–Crippen LogP) is 1.29. The van der Waals surface area contributed by atoms with Crippen LogP contribution in [0.1, 0.15) is 38.5 Å². The molecule has 0 aromatic heterocycles. The molecule has 1 N–H and O–H groups in total. The summed E-state index contributed by atoms with van der Waals surface area (Å²) in [5.41, 5.74) is 1.34. The van der Waals surface area contributed by atoms with Crippen LogP contribution < -0.4 is 5.32 Å². The Labute approximate surface area is 133 Å². The van der Waals surface area contributed by atoms with Crippen molar-refractivity contribution in [1.82, 2.24) is 9.62 Å². The van der Waals surface area contributed by atoms with E-state index >= 15 is 0 Å². The molecule has 0 saturated carbocycles. The minimum absolute atomic E-state index is 0.150. The van der Waals surface area contributed by atoms with Gasteiger partial charge in [-0.1, -0.05) is 11.6 Å². The van der Waals surface area contributed by atoms with Crippen molar-refractivity contribution in [2.24, 2.45) is 0 Å². The number of carbonyl (C=O) groups excluding carboxylic acids is 1. The zero-order valence-corrected chi connectivity index (χ0v) is 14.5. The van der Waals surface area contributed by atoms with E-state index in [1.165, 1.54) is 29.0 Å². The highest BCUT2D eigenvalue weighted by Gasteiger charge is 2.18. The van der Waals surface area contributed by atoms with Gasteiger partial charge in [0.05, 0.1) is 12.9 Å². The monoisotopic (exact) mass is 332 g/mol. The Kier molecular flexibility index (Phi) is 8.67. The Morgan fingerprint density at radius 1 is 1.36 bits per heavy atom. The number of sulfonamides is 1. The number of hydrogen-bond donors (Lipinski definition) is 1. The van der Waals surface area contributed by atoms with E-state index in [0.29, 0.717) is 19.7 Å². The summed E-state index contributed by atoms with van der Waals surface area (Å²) in [6.45, 7) is 1.58. The van der Waals surface area contributed by atoms with Gasteiger partial charge < -0.3 is 10.1 Å². The molecule has 1 rings (SSSR count). The van der Waals surface area contributed by atoms with Crippen LogP contribution in [0.5, 0.6) is 0 Å². The molecule has 0 heterocycles. The summed E-state index contributed by atoms with van der Waals surface area (Å²) in [6.07, 6.45) is 8.93. The summed E-state index contributed by atoms with van der Waals surface area (Å²) >= 11 is 0. The lowest BCUT2D eigenvalue weighted by atomic mass is 9.97. The molecule has 0 fully saturated rings. The summed E-state index contributed by atoms with van der Waals surface area (Å²) in [7, 11) is -1.72. The molecule has 1 amide bonds. The van der Waals surface area contributed by atoms with Gasteiger partial charge in [-0.05, 0) is 32.1 Å². The molecule has 128 valence electrons. The van der Waals surface area contributed by atoms with Gasteiger partial charge in [0.15, 0.2) is 0 Å². The van der Waals surface area contributed by atoms with Gasteiger partial charge in [0.1, 0.15) is 0 Å². The van der Waals surface area contributed by atoms with Crippen molar-refractivity contribution >= 4 is 15.9 Å². The third-order valence-electron chi connectivity index (χ3n) is 3.75. The number of amides is 1. The highest BCUT2D eigenvalue weighted by atomic mass is 32.2. The van der Waals surface area contributed by atoms with E-state index in [1.807, 2.05) is 0 Å². The van der Waals surface area contributed by atoms with Crippen molar-refractivity contribution in [1.29, 1.82) is 0 Å². The van der Waals surface area contributed by atoms with Crippen molar-refractivity contribution < 1.29 is 17.9 Å². The molecule has 1 aliphatic rings. The molecule has 22 heavy (non-hydrogen) atoms. The average Bonchev–Trinajstić information content (AvgIpc) is 2.47. The number of rotatable bonds is 10. The molecule has 0 aromatic rings. The molecular weight excluding hydrogens is 304 g/mol. The van der Waals surface area contributed by atoms with Crippen LogP contribution in [0.25, 0.3) is 0 Å². The van der Waals surface area contributed by atoms with Gasteiger partial charge in [-0.15, -0.1) is 0 Å². The topological polar surface area (TPSA) is 75.7 Å². The van der Waals surface area contributed by atoms with Crippen LogP contribution in [-0.4, -0.2) is 58.2 Å². The first-order valence-electron chi connectivity index (χ1n) is 7.82. The summed E-state index contributed by atoms with van der Waals surface area (Å²) < 4.78 is 29.9. The SMILES string of the molecule is COCCNC(=O)CCN(CCC1=CCCCC1)S(C)(=O)=O. The van der Waals surface area contributed by atoms with E-state index < -0.39 is 10.0 Å². The fourth-order valence-electron chi connectivity index (χ4n) is 2.45. The Bertz CT molecular complexity index is 474. The van der Waals surface area contributed by atoms with E-state index in [0.717, 1.165) is 19.3 Å². The van der Waals surface area contributed by atoms with Crippen LogP contribution in [0, 0.1) is 0 Å². The van der Waals surface area contributed by atoms with E-state index in [2.05, 4.69) is 11.4 Å².